The molecule has 5 heteroatoms. The van der Waals surface area contributed by atoms with Crippen molar-refractivity contribution >= 4 is 33.6 Å². The Morgan fingerprint density at radius 2 is 2.06 bits per heavy atom. The van der Waals surface area contributed by atoms with Gasteiger partial charge in [0.05, 0.1) is 4.47 Å². The lowest BCUT2D eigenvalue weighted by Crippen LogP contribution is -1.97. The molecule has 2 rings (SSSR count). The Morgan fingerprint density at radius 3 is 2.78 bits per heavy atom. The molecular formula is C13H14BrN3S. The molecule has 0 aliphatic rings. The maximum absolute atomic E-state index is 4.45. The van der Waals surface area contributed by atoms with Gasteiger partial charge in [0.2, 0.25) is 5.95 Å². The smallest absolute Gasteiger partial charge is 0.223 e. The van der Waals surface area contributed by atoms with E-state index in [0.717, 1.165) is 9.50 Å². The number of anilines is 1. The fraction of sp³-hybridized carbons (Fsp3) is 0.231. The molecule has 0 radical (unpaired) electrons. The second kappa shape index (κ2) is 5.71. The van der Waals surface area contributed by atoms with Gasteiger partial charge in [0.15, 0.2) is 0 Å². The molecule has 1 aromatic heterocycles. The van der Waals surface area contributed by atoms with Crippen LogP contribution in [0.5, 0.6) is 0 Å². The van der Waals surface area contributed by atoms with Crippen molar-refractivity contribution in [3.63, 3.8) is 0 Å². The number of hydrogen-bond donors (Lipinski definition) is 1. The highest BCUT2D eigenvalue weighted by Crippen LogP contribution is 2.34. The third-order valence-electron chi connectivity index (χ3n) is 2.49. The van der Waals surface area contributed by atoms with Gasteiger partial charge < -0.3 is 5.32 Å². The molecule has 1 heterocycles. The molecule has 0 bridgehead atoms. The van der Waals surface area contributed by atoms with E-state index in [-0.39, 0.29) is 0 Å². The van der Waals surface area contributed by atoms with Crippen molar-refractivity contribution in [2.75, 3.05) is 12.4 Å². The molecule has 1 N–H and O–H groups in total. The molecule has 0 atom stereocenters. The van der Waals surface area contributed by atoms with Crippen LogP contribution in [0.2, 0.25) is 0 Å². The molecule has 94 valence electrons. The van der Waals surface area contributed by atoms with Crippen molar-refractivity contribution in [1.82, 2.24) is 9.97 Å². The molecule has 0 spiro atoms. The van der Waals surface area contributed by atoms with Gasteiger partial charge in [-0.05, 0) is 47.0 Å². The van der Waals surface area contributed by atoms with Crippen molar-refractivity contribution in [1.29, 1.82) is 0 Å². The van der Waals surface area contributed by atoms with E-state index in [1.165, 1.54) is 16.0 Å². The van der Waals surface area contributed by atoms with E-state index < -0.39 is 0 Å². The summed E-state index contributed by atoms with van der Waals surface area (Å²) in [6, 6.07) is 6.42. The Bertz CT molecular complexity index is 572. The molecule has 0 saturated carbocycles. The van der Waals surface area contributed by atoms with Crippen molar-refractivity contribution in [2.24, 2.45) is 0 Å². The first-order valence-electron chi connectivity index (χ1n) is 5.55. The summed E-state index contributed by atoms with van der Waals surface area (Å²) in [4.78, 5) is 9.83. The van der Waals surface area contributed by atoms with Crippen LogP contribution in [0, 0.1) is 13.8 Å². The van der Waals surface area contributed by atoms with Crippen LogP contribution in [0.1, 0.15) is 11.1 Å². The summed E-state index contributed by atoms with van der Waals surface area (Å²) in [6.45, 7) is 4.20. The average Bonchev–Trinajstić information content (AvgIpc) is 2.36. The van der Waals surface area contributed by atoms with Crippen LogP contribution in [0.25, 0.3) is 0 Å². The summed E-state index contributed by atoms with van der Waals surface area (Å²) in [5.74, 6) is 0.631. The number of rotatable bonds is 3. The SMILES string of the molecule is CNc1ncc(Br)c(Sc2cc(C)ccc2C)n1. The highest BCUT2D eigenvalue weighted by molar-refractivity contribution is 9.10. The predicted molar refractivity (Wildman–Crippen MR) is 79.3 cm³/mol. The zero-order chi connectivity index (χ0) is 13.1. The number of nitrogens with zero attached hydrogens (tertiary/aromatic N) is 2. The maximum Gasteiger partial charge on any atom is 0.223 e. The second-order valence-electron chi connectivity index (χ2n) is 3.97. The van der Waals surface area contributed by atoms with Gasteiger partial charge in [-0.3, -0.25) is 0 Å². The summed E-state index contributed by atoms with van der Waals surface area (Å²) >= 11 is 5.13. The zero-order valence-electron chi connectivity index (χ0n) is 10.5. The van der Waals surface area contributed by atoms with Gasteiger partial charge in [0.25, 0.3) is 0 Å². The lowest BCUT2D eigenvalue weighted by molar-refractivity contribution is 1.02. The standard InChI is InChI=1S/C13H14BrN3S/c1-8-4-5-9(2)11(6-8)18-12-10(14)7-16-13(15-3)17-12/h4-7H,1-3H3,(H,15,16,17). The number of benzene rings is 1. The predicted octanol–water partition coefficient (Wildman–Crippen LogP) is 4.05. The van der Waals surface area contributed by atoms with Crippen LogP contribution >= 0.6 is 27.7 Å². The number of hydrogen-bond acceptors (Lipinski definition) is 4. The molecule has 1 aromatic carbocycles. The highest BCUT2D eigenvalue weighted by Gasteiger charge is 2.08. The molecule has 3 nitrogen and oxygen atoms in total. The lowest BCUT2D eigenvalue weighted by atomic mass is 10.2. The Balaban J connectivity index is 2.36. The van der Waals surface area contributed by atoms with E-state index in [0.29, 0.717) is 5.95 Å². The number of aryl methyl sites for hydroxylation is 2. The van der Waals surface area contributed by atoms with Gasteiger partial charge in [0, 0.05) is 18.1 Å². The summed E-state index contributed by atoms with van der Waals surface area (Å²) in [7, 11) is 1.82. The second-order valence-corrected chi connectivity index (χ2v) is 5.85. The Labute approximate surface area is 120 Å². The first-order chi connectivity index (χ1) is 8.60. The van der Waals surface area contributed by atoms with Crippen molar-refractivity contribution in [3.8, 4) is 0 Å². The third kappa shape index (κ3) is 3.03. The normalized spacial score (nSPS) is 10.4. The van der Waals surface area contributed by atoms with E-state index in [1.807, 2.05) is 7.05 Å². The van der Waals surface area contributed by atoms with Gasteiger partial charge in [-0.15, -0.1) is 0 Å². The summed E-state index contributed by atoms with van der Waals surface area (Å²) < 4.78 is 0.910. The lowest BCUT2D eigenvalue weighted by Gasteiger charge is -2.08. The van der Waals surface area contributed by atoms with Gasteiger partial charge in [-0.2, -0.15) is 0 Å². The fourth-order valence-electron chi connectivity index (χ4n) is 1.46. The monoisotopic (exact) mass is 323 g/mol. The molecule has 0 amide bonds. The van der Waals surface area contributed by atoms with Crippen LogP contribution in [0.3, 0.4) is 0 Å². The van der Waals surface area contributed by atoms with Crippen LogP contribution < -0.4 is 5.32 Å². The largest absolute Gasteiger partial charge is 0.357 e. The van der Waals surface area contributed by atoms with Crippen molar-refractivity contribution < 1.29 is 0 Å². The molecule has 0 fully saturated rings. The Hall–Kier alpha value is -1.07. The van der Waals surface area contributed by atoms with E-state index in [1.54, 1.807) is 18.0 Å². The number of halogens is 1. The highest BCUT2D eigenvalue weighted by atomic mass is 79.9. The van der Waals surface area contributed by atoms with Crippen LogP contribution in [0.15, 0.2) is 38.8 Å². The third-order valence-corrected chi connectivity index (χ3v) is 4.49. The summed E-state index contributed by atoms with van der Waals surface area (Å²) in [5.41, 5.74) is 2.50. The molecule has 18 heavy (non-hydrogen) atoms. The van der Waals surface area contributed by atoms with Crippen LogP contribution in [-0.4, -0.2) is 17.0 Å². The Morgan fingerprint density at radius 1 is 1.28 bits per heavy atom. The molecule has 2 aromatic rings. The summed E-state index contributed by atoms with van der Waals surface area (Å²) in [5, 5.41) is 3.87. The average molecular weight is 324 g/mol. The molecular weight excluding hydrogens is 310 g/mol. The van der Waals surface area contributed by atoms with Gasteiger partial charge in [-0.25, -0.2) is 9.97 Å². The number of aromatic nitrogens is 2. The first kappa shape index (κ1) is 13.4. The van der Waals surface area contributed by atoms with Crippen molar-refractivity contribution in [2.45, 2.75) is 23.8 Å². The van der Waals surface area contributed by atoms with Crippen LogP contribution in [0.4, 0.5) is 5.95 Å². The van der Waals surface area contributed by atoms with E-state index in [4.69, 9.17) is 0 Å². The molecule has 0 aliphatic carbocycles. The Kier molecular flexibility index (Phi) is 4.24. The quantitative estimate of drug-likeness (QED) is 0.865. The van der Waals surface area contributed by atoms with E-state index >= 15 is 0 Å². The summed E-state index contributed by atoms with van der Waals surface area (Å²) in [6.07, 6.45) is 1.77. The topological polar surface area (TPSA) is 37.8 Å². The zero-order valence-corrected chi connectivity index (χ0v) is 12.9. The van der Waals surface area contributed by atoms with E-state index in [9.17, 15) is 0 Å². The first-order valence-corrected chi connectivity index (χ1v) is 7.16. The minimum absolute atomic E-state index is 0.631. The fourth-order valence-corrected chi connectivity index (χ4v) is 2.86. The van der Waals surface area contributed by atoms with Gasteiger partial charge in [-0.1, -0.05) is 23.9 Å². The number of nitrogens with one attached hydrogen (secondary N) is 1. The molecule has 0 aliphatic heterocycles. The van der Waals surface area contributed by atoms with Crippen molar-refractivity contribution in [3.05, 3.63) is 40.0 Å². The molecule has 0 unspecified atom stereocenters. The minimum Gasteiger partial charge on any atom is -0.357 e. The maximum atomic E-state index is 4.45. The molecule has 0 saturated heterocycles. The van der Waals surface area contributed by atoms with Gasteiger partial charge in [0.1, 0.15) is 5.03 Å². The minimum atomic E-state index is 0.631. The van der Waals surface area contributed by atoms with E-state index in [2.05, 4.69) is 63.3 Å². The van der Waals surface area contributed by atoms with Crippen LogP contribution in [-0.2, 0) is 0 Å². The van der Waals surface area contributed by atoms with Gasteiger partial charge >= 0.3 is 0 Å².